The van der Waals surface area contributed by atoms with Crippen molar-refractivity contribution in [1.82, 2.24) is 4.90 Å². The van der Waals surface area contributed by atoms with Crippen LogP contribution in [0.3, 0.4) is 0 Å². The van der Waals surface area contributed by atoms with Gasteiger partial charge in [-0.1, -0.05) is 6.08 Å². The zero-order chi connectivity index (χ0) is 17.3. The van der Waals surface area contributed by atoms with E-state index in [9.17, 15) is 18.7 Å². The molecule has 1 amide bonds. The fourth-order valence-corrected chi connectivity index (χ4v) is 2.82. The average molecular weight is 329 g/mol. The Morgan fingerprint density at radius 3 is 2.61 bits per heavy atom. The van der Waals surface area contributed by atoms with E-state index in [0.717, 1.165) is 11.1 Å². The van der Waals surface area contributed by atoms with Gasteiger partial charge in [0.1, 0.15) is 5.60 Å². The first kappa shape index (κ1) is 17.9. The number of carbonyl (C=O) groups excluding carboxylic acids is 1. The summed E-state index contributed by atoms with van der Waals surface area (Å²) in [5.41, 5.74) is 1.13. The quantitative estimate of drug-likeness (QED) is 0.833. The lowest BCUT2D eigenvalue weighted by Gasteiger charge is -2.35. The topological polar surface area (TPSA) is 49.8 Å². The molecule has 4 nitrogen and oxygen atoms in total. The summed E-state index contributed by atoms with van der Waals surface area (Å²) in [4.78, 5) is 13.7. The molecule has 1 heterocycles. The lowest BCUT2D eigenvalue weighted by Crippen LogP contribution is -2.44. The molecule has 0 radical (unpaired) electrons. The summed E-state index contributed by atoms with van der Waals surface area (Å²) in [6.45, 7) is 5.18. The maximum Gasteiger partial charge on any atom is 0.414 e. The number of ether oxygens (including phenoxy) is 1. The molecule has 6 heteroatoms. The lowest BCUT2D eigenvalue weighted by molar-refractivity contribution is -0.00866. The molecule has 0 spiro atoms. The van der Waals surface area contributed by atoms with Crippen LogP contribution in [0.4, 0.5) is 13.6 Å². The van der Waals surface area contributed by atoms with Crippen LogP contribution in [0.2, 0.25) is 0 Å². The van der Waals surface area contributed by atoms with Crippen LogP contribution in [-0.2, 0) is 4.74 Å². The van der Waals surface area contributed by atoms with Crippen molar-refractivity contribution in [2.24, 2.45) is 0 Å². The number of allylic oxidation sites excluding steroid dienone is 3. The highest BCUT2D eigenvalue weighted by Crippen LogP contribution is 2.37. The first-order valence-corrected chi connectivity index (χ1v) is 8.01. The van der Waals surface area contributed by atoms with Gasteiger partial charge in [-0.15, -0.1) is 0 Å². The van der Waals surface area contributed by atoms with Gasteiger partial charge in [0.15, 0.2) is 0 Å². The van der Waals surface area contributed by atoms with Gasteiger partial charge in [-0.05, 0) is 51.2 Å². The van der Waals surface area contributed by atoms with Gasteiger partial charge in [-0.3, -0.25) is 4.90 Å². The van der Waals surface area contributed by atoms with Gasteiger partial charge < -0.3 is 9.84 Å². The molecule has 1 N–H and O–H groups in total. The molecule has 130 valence electrons. The molecular weight excluding hydrogens is 304 g/mol. The molecule has 0 aromatic rings. The number of nitrogens with zero attached hydrogens (tertiary/aromatic N) is 1. The standard InChI is InChI=1S/C17H25F2NO3/c1-16(2,3)23-15(22)20-10-13(4-5-14(20)11-21)12-6-8-17(18,19)9-7-12/h6,10,14,21H,4-5,7-9,11H2,1-3H3. The van der Waals surface area contributed by atoms with E-state index in [4.69, 9.17) is 4.74 Å². The van der Waals surface area contributed by atoms with E-state index >= 15 is 0 Å². The van der Waals surface area contributed by atoms with E-state index in [-0.39, 0.29) is 25.5 Å². The molecule has 2 rings (SSSR count). The highest BCUT2D eigenvalue weighted by molar-refractivity contribution is 5.70. The van der Waals surface area contributed by atoms with E-state index in [1.54, 1.807) is 33.0 Å². The Hall–Kier alpha value is -1.43. The molecule has 2 aliphatic rings. The summed E-state index contributed by atoms with van der Waals surface area (Å²) < 4.78 is 31.9. The minimum atomic E-state index is -2.63. The van der Waals surface area contributed by atoms with Crippen molar-refractivity contribution in [3.05, 3.63) is 23.4 Å². The van der Waals surface area contributed by atoms with Gasteiger partial charge in [-0.2, -0.15) is 0 Å². The summed E-state index contributed by atoms with van der Waals surface area (Å²) in [7, 11) is 0. The molecule has 1 aliphatic heterocycles. The van der Waals surface area contributed by atoms with Crippen LogP contribution in [0.5, 0.6) is 0 Å². The molecule has 0 bridgehead atoms. The summed E-state index contributed by atoms with van der Waals surface area (Å²) >= 11 is 0. The van der Waals surface area contributed by atoms with Crippen LogP contribution >= 0.6 is 0 Å². The second-order valence-corrected chi connectivity index (χ2v) is 7.21. The maximum atomic E-state index is 13.3. The normalized spacial score (nSPS) is 24.8. The van der Waals surface area contributed by atoms with Crippen molar-refractivity contribution in [3.8, 4) is 0 Å². The van der Waals surface area contributed by atoms with Crippen molar-refractivity contribution in [2.45, 2.75) is 70.4 Å². The number of aliphatic hydroxyl groups excluding tert-OH is 1. The van der Waals surface area contributed by atoms with Crippen LogP contribution in [0, 0.1) is 0 Å². The van der Waals surface area contributed by atoms with Gasteiger partial charge in [0.25, 0.3) is 5.92 Å². The fraction of sp³-hybridized carbons (Fsp3) is 0.706. The number of aliphatic hydroxyl groups is 1. The third-order valence-electron chi connectivity index (χ3n) is 4.07. The third kappa shape index (κ3) is 4.77. The molecule has 1 aliphatic carbocycles. The minimum Gasteiger partial charge on any atom is -0.443 e. The molecule has 1 unspecified atom stereocenters. The average Bonchev–Trinajstić information content (AvgIpc) is 2.45. The molecule has 0 aromatic carbocycles. The van der Waals surface area contributed by atoms with Crippen LogP contribution < -0.4 is 0 Å². The number of hydrogen-bond acceptors (Lipinski definition) is 3. The predicted molar refractivity (Wildman–Crippen MR) is 83.1 cm³/mol. The summed E-state index contributed by atoms with van der Waals surface area (Å²) in [5.74, 6) is -2.63. The molecule has 0 aromatic heterocycles. The Kier molecular flexibility index (Phi) is 5.14. The Morgan fingerprint density at radius 2 is 2.09 bits per heavy atom. The third-order valence-corrected chi connectivity index (χ3v) is 4.07. The van der Waals surface area contributed by atoms with Gasteiger partial charge in [-0.25, -0.2) is 13.6 Å². The highest BCUT2D eigenvalue weighted by Gasteiger charge is 2.34. The second kappa shape index (κ2) is 6.59. The number of amides is 1. The monoisotopic (exact) mass is 329 g/mol. The Morgan fingerprint density at radius 1 is 1.39 bits per heavy atom. The van der Waals surface area contributed by atoms with Crippen molar-refractivity contribution in [2.75, 3.05) is 6.61 Å². The number of carbonyl (C=O) groups is 1. The number of halogens is 2. The zero-order valence-corrected chi connectivity index (χ0v) is 13.9. The van der Waals surface area contributed by atoms with Crippen LogP contribution in [0.15, 0.2) is 23.4 Å². The SMILES string of the molecule is CC(C)(C)OC(=O)N1C=C(C2=CCC(F)(F)CC2)CCC1CO. The van der Waals surface area contributed by atoms with Crippen LogP contribution in [0.1, 0.15) is 52.9 Å². The first-order chi connectivity index (χ1) is 10.6. The summed E-state index contributed by atoms with van der Waals surface area (Å²) in [6.07, 6.45) is 3.87. The van der Waals surface area contributed by atoms with E-state index in [1.165, 1.54) is 4.90 Å². The molecular formula is C17H25F2NO3. The predicted octanol–water partition coefficient (Wildman–Crippen LogP) is 4.01. The minimum absolute atomic E-state index is 0.153. The maximum absolute atomic E-state index is 13.3. The second-order valence-electron chi connectivity index (χ2n) is 7.21. The summed E-state index contributed by atoms with van der Waals surface area (Å²) in [6, 6.07) is -0.334. The van der Waals surface area contributed by atoms with Crippen molar-refractivity contribution in [3.63, 3.8) is 0 Å². The van der Waals surface area contributed by atoms with Gasteiger partial charge in [0, 0.05) is 19.0 Å². The number of rotatable bonds is 2. The Labute approximate surface area is 135 Å². The Bertz CT molecular complexity index is 520. The molecule has 0 fully saturated rings. The summed E-state index contributed by atoms with van der Waals surface area (Å²) in [5, 5.41) is 9.48. The number of alkyl halides is 2. The van der Waals surface area contributed by atoms with Gasteiger partial charge in [0.2, 0.25) is 0 Å². The molecule has 0 saturated heterocycles. The Balaban J connectivity index is 2.18. The van der Waals surface area contributed by atoms with Crippen molar-refractivity contribution >= 4 is 6.09 Å². The van der Waals surface area contributed by atoms with Crippen molar-refractivity contribution < 1.29 is 23.4 Å². The van der Waals surface area contributed by atoms with Gasteiger partial charge in [0.05, 0.1) is 12.6 Å². The first-order valence-electron chi connectivity index (χ1n) is 8.01. The molecule has 0 saturated carbocycles. The number of hydrogen-bond donors (Lipinski definition) is 1. The zero-order valence-electron chi connectivity index (χ0n) is 13.9. The van der Waals surface area contributed by atoms with E-state index in [1.807, 2.05) is 0 Å². The van der Waals surface area contributed by atoms with Crippen LogP contribution in [0.25, 0.3) is 0 Å². The fourth-order valence-electron chi connectivity index (χ4n) is 2.82. The van der Waals surface area contributed by atoms with Crippen molar-refractivity contribution in [1.29, 1.82) is 0 Å². The lowest BCUT2D eigenvalue weighted by atomic mass is 9.87. The molecule has 23 heavy (non-hydrogen) atoms. The smallest absolute Gasteiger partial charge is 0.414 e. The van der Waals surface area contributed by atoms with E-state index < -0.39 is 17.6 Å². The largest absolute Gasteiger partial charge is 0.443 e. The van der Waals surface area contributed by atoms with Gasteiger partial charge >= 0.3 is 6.09 Å². The highest BCUT2D eigenvalue weighted by atomic mass is 19.3. The van der Waals surface area contributed by atoms with Crippen LogP contribution in [-0.4, -0.2) is 40.3 Å². The van der Waals surface area contributed by atoms with E-state index in [2.05, 4.69) is 0 Å². The molecule has 1 atom stereocenters. The van der Waals surface area contributed by atoms with E-state index in [0.29, 0.717) is 19.3 Å².